The van der Waals surface area contributed by atoms with Crippen molar-refractivity contribution >= 4 is 17.5 Å². The molecule has 2 aliphatic rings. The number of ketones is 1. The minimum atomic E-state index is -0.392. The lowest BCUT2D eigenvalue weighted by atomic mass is 9.90. The lowest BCUT2D eigenvalue weighted by Gasteiger charge is -2.42. The molecule has 3 atom stereocenters. The minimum absolute atomic E-state index is 0.0404. The summed E-state index contributed by atoms with van der Waals surface area (Å²) in [5, 5.41) is 16.0. The normalized spacial score (nSPS) is 23.8. The lowest BCUT2D eigenvalue weighted by molar-refractivity contribution is 0.0430. The van der Waals surface area contributed by atoms with Crippen LogP contribution in [0.5, 0.6) is 5.75 Å². The van der Waals surface area contributed by atoms with Crippen LogP contribution in [-0.4, -0.2) is 36.4 Å². The fraction of sp³-hybridized carbons (Fsp3) is 0.273. The van der Waals surface area contributed by atoms with Crippen molar-refractivity contribution in [2.75, 3.05) is 13.4 Å². The molecule has 2 aromatic rings. The van der Waals surface area contributed by atoms with E-state index in [1.807, 2.05) is 65.9 Å². The SMILES string of the molecule is COc1ccc(C2CC(C(=O)c3ccccc3)NC3C(C#N)=C(SC)NN32)cc1. The van der Waals surface area contributed by atoms with Crippen LogP contribution in [0.4, 0.5) is 0 Å². The van der Waals surface area contributed by atoms with E-state index in [0.717, 1.165) is 16.3 Å². The standard InChI is InChI=1S/C22H22N4O2S/c1-28-16-10-8-14(9-11-16)19-12-18(20(27)15-6-4-3-5-7-15)24-21-17(13-23)22(29-2)25-26(19)21/h3-11,18-19,21,24-25H,12H2,1-2H3. The highest BCUT2D eigenvalue weighted by Crippen LogP contribution is 2.38. The van der Waals surface area contributed by atoms with E-state index in [1.54, 1.807) is 7.11 Å². The second-order valence-corrected chi connectivity index (χ2v) is 7.77. The summed E-state index contributed by atoms with van der Waals surface area (Å²) in [6.45, 7) is 0. The number of thioether (sulfide) groups is 1. The predicted molar refractivity (Wildman–Crippen MR) is 113 cm³/mol. The van der Waals surface area contributed by atoms with E-state index in [4.69, 9.17) is 4.74 Å². The summed E-state index contributed by atoms with van der Waals surface area (Å²) in [5.41, 5.74) is 5.72. The maximum atomic E-state index is 13.2. The average molecular weight is 407 g/mol. The van der Waals surface area contributed by atoms with Crippen LogP contribution in [0.3, 0.4) is 0 Å². The Morgan fingerprint density at radius 2 is 1.93 bits per heavy atom. The number of carbonyl (C=O) groups is 1. The quantitative estimate of drug-likeness (QED) is 0.738. The summed E-state index contributed by atoms with van der Waals surface area (Å²) in [4.78, 5) is 13.2. The Bertz CT molecular complexity index is 969. The van der Waals surface area contributed by atoms with Crippen molar-refractivity contribution in [2.45, 2.75) is 24.7 Å². The van der Waals surface area contributed by atoms with Crippen molar-refractivity contribution in [1.82, 2.24) is 15.8 Å². The van der Waals surface area contributed by atoms with Crippen LogP contribution in [-0.2, 0) is 0 Å². The highest BCUT2D eigenvalue weighted by atomic mass is 32.2. The van der Waals surface area contributed by atoms with Gasteiger partial charge in [-0.25, -0.2) is 0 Å². The maximum absolute atomic E-state index is 13.2. The van der Waals surface area contributed by atoms with Gasteiger partial charge in [0.25, 0.3) is 0 Å². The van der Waals surface area contributed by atoms with E-state index < -0.39 is 6.04 Å². The van der Waals surface area contributed by atoms with E-state index in [9.17, 15) is 10.1 Å². The van der Waals surface area contributed by atoms with Crippen LogP contribution in [0.1, 0.15) is 28.4 Å². The first-order chi connectivity index (χ1) is 14.2. The van der Waals surface area contributed by atoms with Gasteiger partial charge in [0, 0.05) is 5.56 Å². The number of nitrogens with zero attached hydrogens (tertiary/aromatic N) is 2. The molecule has 148 valence electrons. The lowest BCUT2D eigenvalue weighted by Crippen LogP contribution is -2.60. The van der Waals surface area contributed by atoms with Crippen LogP contribution in [0.25, 0.3) is 0 Å². The van der Waals surface area contributed by atoms with Gasteiger partial charge >= 0.3 is 0 Å². The van der Waals surface area contributed by atoms with Gasteiger partial charge in [0.1, 0.15) is 18.0 Å². The molecule has 3 unspecified atom stereocenters. The highest BCUT2D eigenvalue weighted by Gasteiger charge is 2.45. The summed E-state index contributed by atoms with van der Waals surface area (Å²) < 4.78 is 5.28. The molecule has 2 heterocycles. The van der Waals surface area contributed by atoms with Gasteiger partial charge in [-0.15, -0.1) is 11.8 Å². The number of nitriles is 1. The van der Waals surface area contributed by atoms with Gasteiger partial charge in [0.05, 0.1) is 29.8 Å². The molecule has 0 spiro atoms. The number of carbonyl (C=O) groups excluding carboxylic acids is 1. The third kappa shape index (κ3) is 3.62. The molecule has 2 aromatic carbocycles. The fourth-order valence-corrected chi connectivity index (χ4v) is 4.47. The number of hydrogen-bond donors (Lipinski definition) is 2. The van der Waals surface area contributed by atoms with Crippen molar-refractivity contribution in [2.24, 2.45) is 0 Å². The monoisotopic (exact) mass is 406 g/mol. The second-order valence-electron chi connectivity index (χ2n) is 6.95. The number of fused-ring (bicyclic) bond motifs is 1. The Balaban J connectivity index is 1.70. The van der Waals surface area contributed by atoms with Crippen LogP contribution in [0, 0.1) is 11.3 Å². The van der Waals surface area contributed by atoms with Gasteiger partial charge < -0.3 is 10.2 Å². The van der Waals surface area contributed by atoms with E-state index in [-0.39, 0.29) is 18.0 Å². The molecular formula is C22H22N4O2S. The number of hydrogen-bond acceptors (Lipinski definition) is 7. The Morgan fingerprint density at radius 3 is 2.55 bits per heavy atom. The molecule has 0 aliphatic carbocycles. The van der Waals surface area contributed by atoms with Crippen molar-refractivity contribution in [3.05, 3.63) is 76.3 Å². The molecular weight excluding hydrogens is 384 g/mol. The van der Waals surface area contributed by atoms with Crippen LogP contribution >= 0.6 is 11.8 Å². The predicted octanol–water partition coefficient (Wildman–Crippen LogP) is 3.23. The first-order valence-electron chi connectivity index (χ1n) is 9.38. The zero-order valence-electron chi connectivity index (χ0n) is 16.3. The van der Waals surface area contributed by atoms with E-state index in [0.29, 0.717) is 17.6 Å². The minimum Gasteiger partial charge on any atom is -0.497 e. The molecule has 0 bridgehead atoms. The van der Waals surface area contributed by atoms with Crippen LogP contribution in [0.2, 0.25) is 0 Å². The number of hydrazine groups is 1. The number of nitrogens with one attached hydrogen (secondary N) is 2. The summed E-state index contributed by atoms with van der Waals surface area (Å²) in [6.07, 6.45) is 2.16. The van der Waals surface area contributed by atoms with Crippen molar-refractivity contribution < 1.29 is 9.53 Å². The molecule has 0 radical (unpaired) electrons. The molecule has 2 N–H and O–H groups in total. The molecule has 29 heavy (non-hydrogen) atoms. The molecule has 6 nitrogen and oxygen atoms in total. The number of Topliss-reactive ketones (excluding diaryl/α,β-unsaturated/α-hetero) is 1. The van der Waals surface area contributed by atoms with E-state index in [2.05, 4.69) is 16.8 Å². The molecule has 1 saturated heterocycles. The summed E-state index contributed by atoms with van der Waals surface area (Å²) >= 11 is 1.50. The highest BCUT2D eigenvalue weighted by molar-refractivity contribution is 8.02. The Hall–Kier alpha value is -2.79. The van der Waals surface area contributed by atoms with Crippen molar-refractivity contribution in [3.8, 4) is 11.8 Å². The van der Waals surface area contributed by atoms with Gasteiger partial charge in [-0.1, -0.05) is 42.5 Å². The molecule has 1 fully saturated rings. The smallest absolute Gasteiger partial charge is 0.179 e. The second kappa shape index (κ2) is 8.29. The van der Waals surface area contributed by atoms with E-state index in [1.165, 1.54) is 11.8 Å². The molecule has 0 amide bonds. The first-order valence-corrected chi connectivity index (χ1v) is 10.6. The largest absolute Gasteiger partial charge is 0.497 e. The fourth-order valence-electron chi connectivity index (χ4n) is 3.90. The van der Waals surface area contributed by atoms with Gasteiger partial charge in [-0.2, -0.15) is 10.3 Å². The zero-order valence-corrected chi connectivity index (χ0v) is 17.1. The topological polar surface area (TPSA) is 77.4 Å². The molecule has 0 saturated carbocycles. The van der Waals surface area contributed by atoms with E-state index >= 15 is 0 Å². The van der Waals surface area contributed by atoms with Crippen LogP contribution < -0.4 is 15.5 Å². The van der Waals surface area contributed by atoms with Gasteiger partial charge in [0.15, 0.2) is 5.78 Å². The van der Waals surface area contributed by atoms with Gasteiger partial charge in [0.2, 0.25) is 0 Å². The zero-order chi connectivity index (χ0) is 20.4. The number of ether oxygens (including phenoxy) is 1. The summed E-state index contributed by atoms with van der Waals surface area (Å²) in [5.74, 6) is 0.824. The Kier molecular flexibility index (Phi) is 5.58. The summed E-state index contributed by atoms with van der Waals surface area (Å²) in [7, 11) is 1.64. The number of rotatable bonds is 5. The Labute approximate surface area is 174 Å². The number of methoxy groups -OCH3 is 1. The van der Waals surface area contributed by atoms with Gasteiger partial charge in [-0.3, -0.25) is 10.1 Å². The third-order valence-electron chi connectivity index (χ3n) is 5.38. The first kappa shape index (κ1) is 19.5. The maximum Gasteiger partial charge on any atom is 0.179 e. The number of benzene rings is 2. The molecule has 7 heteroatoms. The molecule has 0 aromatic heterocycles. The van der Waals surface area contributed by atoms with Gasteiger partial charge in [-0.05, 0) is 30.4 Å². The van der Waals surface area contributed by atoms with Crippen molar-refractivity contribution in [3.63, 3.8) is 0 Å². The molecule has 4 rings (SSSR count). The Morgan fingerprint density at radius 1 is 1.21 bits per heavy atom. The average Bonchev–Trinajstić information content (AvgIpc) is 3.16. The van der Waals surface area contributed by atoms with Crippen molar-refractivity contribution in [1.29, 1.82) is 5.26 Å². The third-order valence-corrected chi connectivity index (χ3v) is 6.10. The molecule has 2 aliphatic heterocycles. The van der Waals surface area contributed by atoms with Crippen LogP contribution in [0.15, 0.2) is 65.2 Å². The summed E-state index contributed by atoms with van der Waals surface area (Å²) in [6, 6.07) is 19.0.